The summed E-state index contributed by atoms with van der Waals surface area (Å²) in [5, 5.41) is 8.30. The quantitative estimate of drug-likeness (QED) is 0.911. The highest BCUT2D eigenvalue weighted by Gasteiger charge is 2.33. The molecule has 2 aliphatic heterocycles. The zero-order valence-electron chi connectivity index (χ0n) is 10.9. The molecule has 1 aromatic heterocycles. The zero-order chi connectivity index (χ0) is 12.7. The van der Waals surface area contributed by atoms with Crippen LogP contribution in [0, 0.1) is 5.92 Å². The van der Waals surface area contributed by atoms with E-state index < -0.39 is 0 Å². The van der Waals surface area contributed by atoms with E-state index in [2.05, 4.69) is 39.8 Å². The van der Waals surface area contributed by atoms with E-state index in [1.165, 1.54) is 6.42 Å². The maximum absolute atomic E-state index is 5.54. The number of nitrogens with one attached hydrogen (secondary N) is 1. The molecule has 100 valence electrons. The highest BCUT2D eigenvalue weighted by Crippen LogP contribution is 2.40. The fourth-order valence-electron chi connectivity index (χ4n) is 2.95. The van der Waals surface area contributed by atoms with Gasteiger partial charge in [-0.2, -0.15) is 5.10 Å². The highest BCUT2D eigenvalue weighted by molar-refractivity contribution is 9.10. The Morgan fingerprint density at radius 2 is 2.28 bits per heavy atom. The molecule has 1 N–H and O–H groups in total. The van der Waals surface area contributed by atoms with E-state index in [0.29, 0.717) is 17.9 Å². The molecule has 1 aromatic rings. The standard InChI is InChI=1S/C13H20BrN3O/c1-8(2)12-11(14)13-15-5-3-10(17(13)16-12)9-4-6-18-7-9/h8-10,15H,3-7H2,1-2H3. The number of aromatic nitrogens is 2. The molecule has 0 saturated carbocycles. The van der Waals surface area contributed by atoms with Gasteiger partial charge in [0.2, 0.25) is 0 Å². The van der Waals surface area contributed by atoms with Crippen molar-refractivity contribution in [1.29, 1.82) is 0 Å². The van der Waals surface area contributed by atoms with Gasteiger partial charge in [-0.15, -0.1) is 0 Å². The maximum atomic E-state index is 5.54. The second-order valence-corrected chi connectivity index (χ2v) is 6.35. The SMILES string of the molecule is CC(C)c1nn2c(c1Br)NCCC2C1CCOC1. The average Bonchev–Trinajstić information content (AvgIpc) is 2.97. The summed E-state index contributed by atoms with van der Waals surface area (Å²) in [7, 11) is 0. The van der Waals surface area contributed by atoms with E-state index in [1.807, 2.05) is 0 Å². The monoisotopic (exact) mass is 313 g/mol. The van der Waals surface area contributed by atoms with Crippen LogP contribution in [-0.2, 0) is 4.74 Å². The molecule has 2 aliphatic rings. The van der Waals surface area contributed by atoms with E-state index in [9.17, 15) is 0 Å². The van der Waals surface area contributed by atoms with Crippen molar-refractivity contribution >= 4 is 21.7 Å². The molecule has 2 atom stereocenters. The molecular weight excluding hydrogens is 294 g/mol. The average molecular weight is 314 g/mol. The largest absolute Gasteiger partial charge is 0.381 e. The Morgan fingerprint density at radius 3 is 2.94 bits per heavy atom. The summed E-state index contributed by atoms with van der Waals surface area (Å²) in [6.45, 7) is 7.20. The lowest BCUT2D eigenvalue weighted by Gasteiger charge is -2.29. The predicted octanol–water partition coefficient (Wildman–Crippen LogP) is 3.16. The van der Waals surface area contributed by atoms with E-state index in [1.54, 1.807) is 0 Å². The molecule has 18 heavy (non-hydrogen) atoms. The van der Waals surface area contributed by atoms with Gasteiger partial charge in [-0.3, -0.25) is 0 Å². The highest BCUT2D eigenvalue weighted by atomic mass is 79.9. The Balaban J connectivity index is 1.97. The number of hydrogen-bond donors (Lipinski definition) is 1. The van der Waals surface area contributed by atoms with Crippen molar-refractivity contribution in [2.45, 2.75) is 38.6 Å². The third-order valence-electron chi connectivity index (χ3n) is 3.98. The van der Waals surface area contributed by atoms with Crippen molar-refractivity contribution in [2.75, 3.05) is 25.1 Å². The molecule has 1 saturated heterocycles. The molecule has 2 unspecified atom stereocenters. The van der Waals surface area contributed by atoms with Gasteiger partial charge in [0.15, 0.2) is 0 Å². The van der Waals surface area contributed by atoms with Crippen LogP contribution in [0.1, 0.15) is 44.3 Å². The van der Waals surface area contributed by atoms with Crippen LogP contribution in [0.3, 0.4) is 0 Å². The van der Waals surface area contributed by atoms with Crippen molar-refractivity contribution in [1.82, 2.24) is 9.78 Å². The van der Waals surface area contributed by atoms with Crippen LogP contribution in [0.15, 0.2) is 4.47 Å². The number of rotatable bonds is 2. The summed E-state index contributed by atoms with van der Waals surface area (Å²) in [6, 6.07) is 0.493. The fraction of sp³-hybridized carbons (Fsp3) is 0.769. The zero-order valence-corrected chi connectivity index (χ0v) is 12.5. The van der Waals surface area contributed by atoms with Gasteiger partial charge in [0, 0.05) is 19.1 Å². The number of ether oxygens (including phenoxy) is 1. The van der Waals surface area contributed by atoms with Gasteiger partial charge in [0.25, 0.3) is 0 Å². The van der Waals surface area contributed by atoms with E-state index in [0.717, 1.165) is 42.2 Å². The van der Waals surface area contributed by atoms with Crippen molar-refractivity contribution in [3.63, 3.8) is 0 Å². The number of fused-ring (bicyclic) bond motifs is 1. The smallest absolute Gasteiger partial charge is 0.139 e. The molecular formula is C13H20BrN3O. The molecule has 0 amide bonds. The molecule has 1 fully saturated rings. The number of hydrogen-bond acceptors (Lipinski definition) is 3. The lowest BCUT2D eigenvalue weighted by atomic mass is 9.95. The Hall–Kier alpha value is -0.550. The Labute approximate surface area is 116 Å². The van der Waals surface area contributed by atoms with Gasteiger partial charge in [-0.1, -0.05) is 13.8 Å². The molecule has 0 aromatic carbocycles. The Morgan fingerprint density at radius 1 is 1.44 bits per heavy atom. The molecule has 0 bridgehead atoms. The van der Waals surface area contributed by atoms with Gasteiger partial charge in [0.1, 0.15) is 5.82 Å². The second-order valence-electron chi connectivity index (χ2n) is 5.55. The molecule has 0 spiro atoms. The minimum absolute atomic E-state index is 0.444. The number of halogens is 1. The lowest BCUT2D eigenvalue weighted by molar-refractivity contribution is 0.167. The normalized spacial score (nSPS) is 27.3. The van der Waals surface area contributed by atoms with Gasteiger partial charge in [-0.25, -0.2) is 4.68 Å². The van der Waals surface area contributed by atoms with Gasteiger partial charge in [0.05, 0.1) is 22.8 Å². The first-order chi connectivity index (χ1) is 8.68. The molecule has 3 heterocycles. The first kappa shape index (κ1) is 12.5. The number of nitrogens with zero attached hydrogens (tertiary/aromatic N) is 2. The van der Waals surface area contributed by atoms with E-state index >= 15 is 0 Å². The summed E-state index contributed by atoms with van der Waals surface area (Å²) in [5.74, 6) is 2.22. The molecule has 0 radical (unpaired) electrons. The van der Waals surface area contributed by atoms with Crippen molar-refractivity contribution in [2.24, 2.45) is 5.92 Å². The summed E-state index contributed by atoms with van der Waals surface area (Å²) in [6.07, 6.45) is 2.31. The Bertz CT molecular complexity index is 438. The second kappa shape index (κ2) is 4.85. The van der Waals surface area contributed by atoms with Crippen molar-refractivity contribution < 1.29 is 4.74 Å². The van der Waals surface area contributed by atoms with Crippen molar-refractivity contribution in [3.8, 4) is 0 Å². The van der Waals surface area contributed by atoms with Crippen LogP contribution in [0.4, 0.5) is 5.82 Å². The van der Waals surface area contributed by atoms with Crippen LogP contribution in [0.2, 0.25) is 0 Å². The van der Waals surface area contributed by atoms with Crippen LogP contribution in [-0.4, -0.2) is 29.5 Å². The first-order valence-corrected chi connectivity index (χ1v) is 7.57. The third-order valence-corrected chi connectivity index (χ3v) is 4.76. The minimum atomic E-state index is 0.444. The topological polar surface area (TPSA) is 39.1 Å². The Kier molecular flexibility index (Phi) is 3.36. The third kappa shape index (κ3) is 1.97. The van der Waals surface area contributed by atoms with Crippen LogP contribution >= 0.6 is 15.9 Å². The maximum Gasteiger partial charge on any atom is 0.139 e. The summed E-state index contributed by atoms with van der Waals surface area (Å²) in [5.41, 5.74) is 1.16. The molecule has 5 heteroatoms. The summed E-state index contributed by atoms with van der Waals surface area (Å²) < 4.78 is 8.87. The lowest BCUT2D eigenvalue weighted by Crippen LogP contribution is -2.29. The van der Waals surface area contributed by atoms with Gasteiger partial charge in [-0.05, 0) is 34.7 Å². The van der Waals surface area contributed by atoms with E-state index in [-0.39, 0.29) is 0 Å². The minimum Gasteiger partial charge on any atom is -0.381 e. The number of anilines is 1. The first-order valence-electron chi connectivity index (χ1n) is 6.78. The fourth-order valence-corrected chi connectivity index (χ4v) is 3.81. The van der Waals surface area contributed by atoms with Crippen LogP contribution < -0.4 is 5.32 Å². The predicted molar refractivity (Wildman–Crippen MR) is 75.1 cm³/mol. The van der Waals surface area contributed by atoms with Crippen LogP contribution in [0.25, 0.3) is 0 Å². The molecule has 0 aliphatic carbocycles. The molecule has 3 rings (SSSR count). The van der Waals surface area contributed by atoms with E-state index in [4.69, 9.17) is 9.84 Å². The van der Waals surface area contributed by atoms with Crippen molar-refractivity contribution in [3.05, 3.63) is 10.2 Å². The molecule has 4 nitrogen and oxygen atoms in total. The van der Waals surface area contributed by atoms with Gasteiger partial charge >= 0.3 is 0 Å². The van der Waals surface area contributed by atoms with Gasteiger partial charge < -0.3 is 10.1 Å². The van der Waals surface area contributed by atoms with Crippen LogP contribution in [0.5, 0.6) is 0 Å². The summed E-state index contributed by atoms with van der Waals surface area (Å²) in [4.78, 5) is 0. The summed E-state index contributed by atoms with van der Waals surface area (Å²) >= 11 is 3.70.